The summed E-state index contributed by atoms with van der Waals surface area (Å²) in [6.07, 6.45) is -3.92. The van der Waals surface area contributed by atoms with Crippen molar-refractivity contribution in [2.75, 3.05) is 5.32 Å². The monoisotopic (exact) mass is 456 g/mol. The van der Waals surface area contributed by atoms with Crippen LogP contribution >= 0.6 is 34.2 Å². The molecule has 2 rings (SSSR count). The fourth-order valence-electron chi connectivity index (χ4n) is 2.09. The van der Waals surface area contributed by atoms with Gasteiger partial charge in [-0.1, -0.05) is 6.07 Å². The lowest BCUT2D eigenvalue weighted by molar-refractivity contribution is -0.135. The number of carbonyl (C=O) groups is 1. The Kier molecular flexibility index (Phi) is 6.07. The minimum atomic E-state index is -4.32. The highest BCUT2D eigenvalue weighted by atomic mass is 127. The van der Waals surface area contributed by atoms with Crippen molar-refractivity contribution in [1.29, 1.82) is 0 Å². The van der Waals surface area contributed by atoms with Crippen molar-refractivity contribution in [1.82, 2.24) is 4.98 Å². The second-order valence-corrected chi connectivity index (χ2v) is 6.78. The van der Waals surface area contributed by atoms with Gasteiger partial charge in [0.15, 0.2) is 0 Å². The van der Waals surface area contributed by atoms with Gasteiger partial charge in [-0.25, -0.2) is 0 Å². The molecule has 124 valence electrons. The van der Waals surface area contributed by atoms with Gasteiger partial charge in [-0.2, -0.15) is 13.2 Å². The molecule has 3 nitrogen and oxygen atoms in total. The van der Waals surface area contributed by atoms with Gasteiger partial charge in [0.25, 0.3) is 0 Å². The number of aromatic nitrogens is 1. The standard InChI is InChI=1S/C15H13ClF3IN2O/c16-9(8-15(17,18)19)3-6-13(23)22-12-5-4-11(20)10-2-1-7-21-14(10)12/h1-2,4-5,7,9H,3,6,8H2,(H,22,23). The summed E-state index contributed by atoms with van der Waals surface area (Å²) in [6, 6.07) is 7.25. The van der Waals surface area contributed by atoms with Gasteiger partial charge in [0.05, 0.1) is 17.6 Å². The number of amides is 1. The number of carbonyl (C=O) groups excluding carboxylic acids is 1. The Morgan fingerprint density at radius 1 is 1.35 bits per heavy atom. The first-order chi connectivity index (χ1) is 10.8. The van der Waals surface area contributed by atoms with Gasteiger partial charge < -0.3 is 5.32 Å². The molecule has 8 heteroatoms. The number of nitrogens with one attached hydrogen (secondary N) is 1. The average Bonchev–Trinajstić information content (AvgIpc) is 2.47. The fraction of sp³-hybridized carbons (Fsp3) is 0.333. The number of anilines is 1. The van der Waals surface area contributed by atoms with E-state index >= 15 is 0 Å². The Balaban J connectivity index is 2.00. The normalized spacial score (nSPS) is 13.1. The number of nitrogens with zero attached hydrogens (tertiary/aromatic N) is 1. The van der Waals surface area contributed by atoms with E-state index in [9.17, 15) is 18.0 Å². The fourth-order valence-corrected chi connectivity index (χ4v) is 2.99. The Morgan fingerprint density at radius 3 is 2.78 bits per heavy atom. The summed E-state index contributed by atoms with van der Waals surface area (Å²) in [5.41, 5.74) is 1.18. The zero-order valence-electron chi connectivity index (χ0n) is 11.8. The van der Waals surface area contributed by atoms with Crippen LogP contribution in [0.2, 0.25) is 0 Å². The van der Waals surface area contributed by atoms with Crippen molar-refractivity contribution >= 4 is 56.7 Å². The van der Waals surface area contributed by atoms with Gasteiger partial charge in [-0.15, -0.1) is 11.6 Å². The molecule has 1 aromatic carbocycles. The van der Waals surface area contributed by atoms with E-state index in [1.54, 1.807) is 18.3 Å². The minimum absolute atomic E-state index is 0.0391. The molecular weight excluding hydrogens is 444 g/mol. The van der Waals surface area contributed by atoms with Crippen molar-refractivity contribution in [3.05, 3.63) is 34.0 Å². The van der Waals surface area contributed by atoms with Crippen LogP contribution in [0.15, 0.2) is 30.5 Å². The van der Waals surface area contributed by atoms with E-state index in [0.29, 0.717) is 11.2 Å². The van der Waals surface area contributed by atoms with Crippen molar-refractivity contribution in [2.24, 2.45) is 0 Å². The number of pyridine rings is 1. The lowest BCUT2D eigenvalue weighted by atomic mass is 10.1. The Bertz CT molecular complexity index is 709. The molecule has 0 bridgehead atoms. The zero-order valence-corrected chi connectivity index (χ0v) is 14.7. The average molecular weight is 457 g/mol. The Labute approximate surface area is 149 Å². The highest BCUT2D eigenvalue weighted by molar-refractivity contribution is 14.1. The van der Waals surface area contributed by atoms with Gasteiger partial charge in [0.1, 0.15) is 0 Å². The molecule has 1 atom stereocenters. The summed E-state index contributed by atoms with van der Waals surface area (Å²) in [7, 11) is 0. The second kappa shape index (κ2) is 7.65. The number of benzene rings is 1. The Morgan fingerprint density at radius 2 is 2.09 bits per heavy atom. The van der Waals surface area contributed by atoms with E-state index in [1.807, 2.05) is 12.1 Å². The van der Waals surface area contributed by atoms with Crippen LogP contribution in [0.5, 0.6) is 0 Å². The van der Waals surface area contributed by atoms with Crippen molar-refractivity contribution in [3.63, 3.8) is 0 Å². The van der Waals surface area contributed by atoms with E-state index < -0.39 is 18.0 Å². The van der Waals surface area contributed by atoms with E-state index in [1.165, 1.54) is 0 Å². The van der Waals surface area contributed by atoms with E-state index in [4.69, 9.17) is 11.6 Å². The molecule has 0 aliphatic rings. The molecule has 1 aromatic heterocycles. The summed E-state index contributed by atoms with van der Waals surface area (Å²) >= 11 is 7.78. The Hall–Kier alpha value is -1.09. The number of fused-ring (bicyclic) bond motifs is 1. The molecule has 0 saturated carbocycles. The predicted octanol–water partition coefficient (Wildman–Crippen LogP) is 5.12. The molecule has 1 heterocycles. The first-order valence-corrected chi connectivity index (χ1v) is 8.31. The molecule has 0 aliphatic heterocycles. The summed E-state index contributed by atoms with van der Waals surface area (Å²) in [5.74, 6) is -0.383. The molecule has 0 spiro atoms. The third kappa shape index (κ3) is 5.49. The summed E-state index contributed by atoms with van der Waals surface area (Å²) < 4.78 is 37.6. The van der Waals surface area contributed by atoms with Crippen LogP contribution in [0.25, 0.3) is 10.9 Å². The van der Waals surface area contributed by atoms with Gasteiger partial charge in [-0.05, 0) is 47.2 Å². The molecule has 1 unspecified atom stereocenters. The zero-order chi connectivity index (χ0) is 17.0. The van der Waals surface area contributed by atoms with Crippen molar-refractivity contribution < 1.29 is 18.0 Å². The van der Waals surface area contributed by atoms with E-state index in [-0.39, 0.29) is 18.7 Å². The molecule has 23 heavy (non-hydrogen) atoms. The van der Waals surface area contributed by atoms with Crippen molar-refractivity contribution in [3.8, 4) is 0 Å². The molecule has 1 amide bonds. The molecular formula is C15H13ClF3IN2O. The highest BCUT2D eigenvalue weighted by Crippen LogP contribution is 2.28. The summed E-state index contributed by atoms with van der Waals surface area (Å²) in [5, 5.41) is 2.48. The molecule has 2 aromatic rings. The molecule has 0 saturated heterocycles. The van der Waals surface area contributed by atoms with Crippen LogP contribution in [-0.4, -0.2) is 22.4 Å². The number of alkyl halides is 4. The number of halogens is 5. The van der Waals surface area contributed by atoms with Crippen LogP contribution in [-0.2, 0) is 4.79 Å². The van der Waals surface area contributed by atoms with E-state index in [0.717, 1.165) is 8.96 Å². The third-order valence-electron chi connectivity index (χ3n) is 3.13. The number of hydrogen-bond acceptors (Lipinski definition) is 2. The van der Waals surface area contributed by atoms with Crippen LogP contribution in [0, 0.1) is 3.57 Å². The van der Waals surface area contributed by atoms with Crippen molar-refractivity contribution in [2.45, 2.75) is 30.8 Å². The van der Waals surface area contributed by atoms with Crippen LogP contribution in [0.3, 0.4) is 0 Å². The first kappa shape index (κ1) is 18.3. The quantitative estimate of drug-likeness (QED) is 0.501. The SMILES string of the molecule is O=C(CCC(Cl)CC(F)(F)F)Nc1ccc(I)c2cccnc12. The maximum atomic E-state index is 12.2. The predicted molar refractivity (Wildman–Crippen MR) is 92.6 cm³/mol. The smallest absolute Gasteiger partial charge is 0.324 e. The number of rotatable bonds is 5. The van der Waals surface area contributed by atoms with Gasteiger partial charge in [0.2, 0.25) is 5.91 Å². The highest BCUT2D eigenvalue weighted by Gasteiger charge is 2.31. The molecule has 1 N–H and O–H groups in total. The lowest BCUT2D eigenvalue weighted by Gasteiger charge is -2.12. The largest absolute Gasteiger partial charge is 0.390 e. The first-order valence-electron chi connectivity index (χ1n) is 6.80. The minimum Gasteiger partial charge on any atom is -0.324 e. The third-order valence-corrected chi connectivity index (χ3v) is 4.44. The maximum Gasteiger partial charge on any atom is 0.390 e. The van der Waals surface area contributed by atoms with Gasteiger partial charge >= 0.3 is 6.18 Å². The second-order valence-electron chi connectivity index (χ2n) is 5.00. The summed E-state index contributed by atoms with van der Waals surface area (Å²) in [6.45, 7) is 0. The topological polar surface area (TPSA) is 42.0 Å². The maximum absolute atomic E-state index is 12.2. The lowest BCUT2D eigenvalue weighted by Crippen LogP contribution is -2.18. The summed E-state index contributed by atoms with van der Waals surface area (Å²) in [4.78, 5) is 16.2. The van der Waals surface area contributed by atoms with Gasteiger partial charge in [0, 0.05) is 27.0 Å². The van der Waals surface area contributed by atoms with Crippen LogP contribution < -0.4 is 5.32 Å². The molecule has 0 aliphatic carbocycles. The van der Waals surface area contributed by atoms with Gasteiger partial charge in [-0.3, -0.25) is 9.78 Å². The number of hydrogen-bond donors (Lipinski definition) is 1. The van der Waals surface area contributed by atoms with Crippen LogP contribution in [0.1, 0.15) is 19.3 Å². The van der Waals surface area contributed by atoms with Crippen LogP contribution in [0.4, 0.5) is 18.9 Å². The molecule has 0 fully saturated rings. The van der Waals surface area contributed by atoms with E-state index in [2.05, 4.69) is 32.9 Å². The molecule has 0 radical (unpaired) electrons.